The number of hydrogen-bond acceptors (Lipinski definition) is 5. The molecule has 0 aliphatic rings. The highest BCUT2D eigenvalue weighted by Gasteiger charge is 2.19. The molecule has 8 heteroatoms. The Morgan fingerprint density at radius 3 is 2.46 bits per heavy atom. The maximum Gasteiger partial charge on any atom is 0.387 e. The molecule has 0 saturated carbocycles. The van der Waals surface area contributed by atoms with Gasteiger partial charge in [0.2, 0.25) is 5.16 Å². The molecule has 0 fully saturated rings. The second kappa shape index (κ2) is 8.09. The maximum atomic E-state index is 12.5. The summed E-state index contributed by atoms with van der Waals surface area (Å²) in [5, 5.41) is 7.00. The molecule has 0 spiro atoms. The minimum Gasteiger partial charge on any atom is -0.435 e. The van der Waals surface area contributed by atoms with Crippen LogP contribution < -0.4 is 4.74 Å². The zero-order chi connectivity index (χ0) is 18.5. The molecule has 5 nitrogen and oxygen atoms in total. The Kier molecular flexibility index (Phi) is 5.62. The van der Waals surface area contributed by atoms with E-state index in [-0.39, 0.29) is 11.5 Å². The number of benzene rings is 2. The molecule has 1 N–H and O–H groups in total. The molecule has 0 bridgehead atoms. The molecule has 26 heavy (non-hydrogen) atoms. The Hall–Kier alpha value is -2.74. The van der Waals surface area contributed by atoms with E-state index >= 15 is 0 Å². The Balaban J connectivity index is 1.65. The number of ketones is 1. The van der Waals surface area contributed by atoms with Gasteiger partial charge in [-0.1, -0.05) is 42.1 Å². The van der Waals surface area contributed by atoms with Crippen molar-refractivity contribution in [1.82, 2.24) is 15.2 Å². The molecule has 1 heterocycles. The molecule has 1 aromatic heterocycles. The van der Waals surface area contributed by atoms with Gasteiger partial charge in [0.05, 0.1) is 5.25 Å². The van der Waals surface area contributed by atoms with Crippen LogP contribution >= 0.6 is 11.8 Å². The summed E-state index contributed by atoms with van der Waals surface area (Å²) in [6.07, 6.45) is 0. The Bertz CT molecular complexity index is 870. The third-order valence-electron chi connectivity index (χ3n) is 3.53. The van der Waals surface area contributed by atoms with Crippen molar-refractivity contribution in [1.29, 1.82) is 0 Å². The van der Waals surface area contributed by atoms with Crippen LogP contribution in [0.1, 0.15) is 17.3 Å². The summed E-state index contributed by atoms with van der Waals surface area (Å²) in [4.78, 5) is 16.9. The minimum atomic E-state index is -2.89. The van der Waals surface area contributed by atoms with Crippen LogP contribution in [0.3, 0.4) is 0 Å². The van der Waals surface area contributed by atoms with E-state index in [1.807, 2.05) is 30.3 Å². The van der Waals surface area contributed by atoms with Gasteiger partial charge in [-0.05, 0) is 31.2 Å². The summed E-state index contributed by atoms with van der Waals surface area (Å²) in [7, 11) is 0. The number of rotatable bonds is 7. The van der Waals surface area contributed by atoms with Crippen molar-refractivity contribution in [2.24, 2.45) is 0 Å². The first kappa shape index (κ1) is 18.1. The number of aromatic amines is 1. The first-order valence-corrected chi connectivity index (χ1v) is 8.64. The lowest BCUT2D eigenvalue weighted by atomic mass is 10.1. The monoisotopic (exact) mass is 375 g/mol. The lowest BCUT2D eigenvalue weighted by Crippen LogP contribution is -2.13. The predicted molar refractivity (Wildman–Crippen MR) is 94.5 cm³/mol. The van der Waals surface area contributed by atoms with E-state index in [1.54, 1.807) is 6.92 Å². The molecule has 0 radical (unpaired) electrons. The summed E-state index contributed by atoms with van der Waals surface area (Å²) in [6, 6.07) is 15.1. The van der Waals surface area contributed by atoms with E-state index in [9.17, 15) is 13.6 Å². The average molecular weight is 375 g/mol. The van der Waals surface area contributed by atoms with E-state index in [2.05, 4.69) is 19.9 Å². The van der Waals surface area contributed by atoms with Gasteiger partial charge < -0.3 is 4.74 Å². The lowest BCUT2D eigenvalue weighted by molar-refractivity contribution is -0.0498. The number of nitrogens with one attached hydrogen (secondary N) is 1. The van der Waals surface area contributed by atoms with Crippen LogP contribution in [0.4, 0.5) is 8.78 Å². The van der Waals surface area contributed by atoms with Gasteiger partial charge in [0.1, 0.15) is 5.75 Å². The quantitative estimate of drug-likeness (QED) is 0.489. The smallest absolute Gasteiger partial charge is 0.387 e. The van der Waals surface area contributed by atoms with Gasteiger partial charge in [-0.2, -0.15) is 8.78 Å². The Morgan fingerprint density at radius 1 is 1.12 bits per heavy atom. The van der Waals surface area contributed by atoms with Crippen LogP contribution in [0.2, 0.25) is 0 Å². The molecule has 3 rings (SSSR count). The van der Waals surface area contributed by atoms with Gasteiger partial charge in [-0.3, -0.25) is 9.89 Å². The number of aromatic nitrogens is 3. The molecule has 0 aliphatic heterocycles. The van der Waals surface area contributed by atoms with Crippen LogP contribution in [-0.4, -0.2) is 32.8 Å². The Labute approximate surface area is 152 Å². The molecule has 0 amide bonds. The first-order valence-electron chi connectivity index (χ1n) is 7.76. The van der Waals surface area contributed by atoms with Crippen molar-refractivity contribution < 1.29 is 18.3 Å². The molecular formula is C18H15F2N3O2S. The van der Waals surface area contributed by atoms with Crippen LogP contribution in [0.5, 0.6) is 5.75 Å². The van der Waals surface area contributed by atoms with Gasteiger partial charge >= 0.3 is 6.61 Å². The van der Waals surface area contributed by atoms with Gasteiger partial charge in [0.25, 0.3) is 0 Å². The van der Waals surface area contributed by atoms with Crippen molar-refractivity contribution in [3.8, 4) is 17.1 Å². The van der Waals surface area contributed by atoms with Crippen LogP contribution in [-0.2, 0) is 0 Å². The number of halogens is 2. The minimum absolute atomic E-state index is 0.0123. The molecule has 134 valence electrons. The standard InChI is InChI=1S/C18H15F2N3O2S/c1-11(15(24)12-7-9-14(10-8-12)25-17(19)20)26-18-21-16(22-23-18)13-5-3-2-4-6-13/h2-11,17H,1H3,(H,21,22,23)/t11-/m0/s1. The summed E-state index contributed by atoms with van der Waals surface area (Å²) < 4.78 is 28.6. The summed E-state index contributed by atoms with van der Waals surface area (Å²) in [5.41, 5.74) is 1.31. The van der Waals surface area contributed by atoms with E-state index < -0.39 is 11.9 Å². The van der Waals surface area contributed by atoms with Crippen molar-refractivity contribution in [2.75, 3.05) is 0 Å². The van der Waals surface area contributed by atoms with Gasteiger partial charge in [-0.15, -0.1) is 5.10 Å². The highest BCUT2D eigenvalue weighted by atomic mass is 32.2. The largest absolute Gasteiger partial charge is 0.435 e. The van der Waals surface area contributed by atoms with E-state index in [0.717, 1.165) is 5.56 Å². The number of thioether (sulfide) groups is 1. The molecule has 2 aromatic carbocycles. The second-order valence-corrected chi connectivity index (χ2v) is 6.67. The topological polar surface area (TPSA) is 67.9 Å². The fourth-order valence-electron chi connectivity index (χ4n) is 2.27. The van der Waals surface area contributed by atoms with E-state index in [1.165, 1.54) is 36.0 Å². The normalized spacial score (nSPS) is 12.2. The van der Waals surface area contributed by atoms with Crippen LogP contribution in [0.15, 0.2) is 59.8 Å². The van der Waals surface area contributed by atoms with Gasteiger partial charge in [0, 0.05) is 11.1 Å². The van der Waals surface area contributed by atoms with Gasteiger partial charge in [0.15, 0.2) is 11.6 Å². The number of H-pyrrole nitrogens is 1. The third kappa shape index (κ3) is 4.45. The Morgan fingerprint density at radius 2 is 1.81 bits per heavy atom. The first-order chi connectivity index (χ1) is 12.5. The third-order valence-corrected chi connectivity index (χ3v) is 4.49. The number of alkyl halides is 2. The maximum absolute atomic E-state index is 12.5. The molecule has 0 aliphatic carbocycles. The van der Waals surface area contributed by atoms with Crippen molar-refractivity contribution in [2.45, 2.75) is 23.9 Å². The second-order valence-electron chi connectivity index (χ2n) is 5.36. The average Bonchev–Trinajstić information content (AvgIpc) is 3.10. The van der Waals surface area contributed by atoms with Crippen molar-refractivity contribution in [3.05, 3.63) is 60.2 Å². The number of hydrogen-bond donors (Lipinski definition) is 1. The van der Waals surface area contributed by atoms with Crippen molar-refractivity contribution in [3.63, 3.8) is 0 Å². The predicted octanol–water partition coefficient (Wildman–Crippen LogP) is 4.44. The number of carbonyl (C=O) groups is 1. The molecular weight excluding hydrogens is 360 g/mol. The van der Waals surface area contributed by atoms with Crippen LogP contribution in [0.25, 0.3) is 11.4 Å². The van der Waals surface area contributed by atoms with E-state index in [0.29, 0.717) is 16.5 Å². The zero-order valence-corrected chi connectivity index (χ0v) is 14.5. The number of Topliss-reactive ketones (excluding diaryl/α,β-unsaturated/α-hetero) is 1. The molecule has 0 unspecified atom stereocenters. The SMILES string of the molecule is C[C@H](Sc1n[nH]c(-c2ccccc2)n1)C(=O)c1ccc(OC(F)F)cc1. The highest BCUT2D eigenvalue weighted by molar-refractivity contribution is 8.00. The fourth-order valence-corrected chi connectivity index (χ4v) is 3.07. The fraction of sp³-hybridized carbons (Fsp3) is 0.167. The van der Waals surface area contributed by atoms with Crippen molar-refractivity contribution >= 4 is 17.5 Å². The summed E-state index contributed by atoms with van der Waals surface area (Å²) >= 11 is 1.22. The van der Waals surface area contributed by atoms with E-state index in [4.69, 9.17) is 0 Å². The summed E-state index contributed by atoms with van der Waals surface area (Å²) in [5.74, 6) is 0.490. The molecule has 0 saturated heterocycles. The summed E-state index contributed by atoms with van der Waals surface area (Å²) in [6.45, 7) is -1.15. The zero-order valence-electron chi connectivity index (χ0n) is 13.7. The number of carbonyl (C=O) groups excluding carboxylic acids is 1. The lowest BCUT2D eigenvalue weighted by Gasteiger charge is -2.09. The van der Waals surface area contributed by atoms with Crippen LogP contribution in [0, 0.1) is 0 Å². The highest BCUT2D eigenvalue weighted by Crippen LogP contribution is 2.25. The van der Waals surface area contributed by atoms with Gasteiger partial charge in [-0.25, -0.2) is 4.98 Å². The number of ether oxygens (including phenoxy) is 1. The molecule has 3 aromatic rings. The number of nitrogens with zero attached hydrogens (tertiary/aromatic N) is 2. The molecule has 1 atom stereocenters.